The van der Waals surface area contributed by atoms with Crippen LogP contribution in [-0.4, -0.2) is 28.9 Å². The lowest BCUT2D eigenvalue weighted by Gasteiger charge is -2.39. The SMILES string of the molecule is Nc1ccnc(C(=O)N2CCC3(CCCC3)CC2)c1. The fourth-order valence-electron chi connectivity index (χ4n) is 3.53. The van der Waals surface area contributed by atoms with Crippen molar-refractivity contribution in [2.45, 2.75) is 38.5 Å². The average Bonchev–Trinajstić information content (AvgIpc) is 2.87. The summed E-state index contributed by atoms with van der Waals surface area (Å²) >= 11 is 0. The minimum absolute atomic E-state index is 0.0279. The number of aromatic nitrogens is 1. The van der Waals surface area contributed by atoms with E-state index in [1.807, 2.05) is 4.90 Å². The molecular formula is C15H21N3O. The third kappa shape index (κ3) is 2.44. The van der Waals surface area contributed by atoms with Gasteiger partial charge in [0.2, 0.25) is 0 Å². The van der Waals surface area contributed by atoms with Crippen molar-refractivity contribution in [1.82, 2.24) is 9.88 Å². The Morgan fingerprint density at radius 1 is 1.21 bits per heavy atom. The minimum Gasteiger partial charge on any atom is -0.399 e. The second-order valence-corrected chi connectivity index (χ2v) is 5.97. The largest absolute Gasteiger partial charge is 0.399 e. The van der Waals surface area contributed by atoms with Crippen molar-refractivity contribution in [3.05, 3.63) is 24.0 Å². The lowest BCUT2D eigenvalue weighted by Crippen LogP contribution is -2.42. The number of nitrogens with two attached hydrogens (primary N) is 1. The summed E-state index contributed by atoms with van der Waals surface area (Å²) in [5, 5.41) is 0. The first-order valence-electron chi connectivity index (χ1n) is 7.19. The number of nitrogen functional groups attached to an aromatic ring is 1. The van der Waals surface area contributed by atoms with Crippen LogP contribution in [0.5, 0.6) is 0 Å². The Morgan fingerprint density at radius 3 is 2.53 bits per heavy atom. The molecule has 4 nitrogen and oxygen atoms in total. The van der Waals surface area contributed by atoms with Gasteiger partial charge in [0.15, 0.2) is 0 Å². The number of piperidine rings is 1. The summed E-state index contributed by atoms with van der Waals surface area (Å²) < 4.78 is 0. The third-order valence-corrected chi connectivity index (χ3v) is 4.78. The van der Waals surface area contributed by atoms with E-state index in [2.05, 4.69) is 4.98 Å². The lowest BCUT2D eigenvalue weighted by atomic mass is 9.77. The van der Waals surface area contributed by atoms with Gasteiger partial charge in [-0.25, -0.2) is 0 Å². The van der Waals surface area contributed by atoms with Gasteiger partial charge in [-0.15, -0.1) is 0 Å². The zero-order valence-corrected chi connectivity index (χ0v) is 11.3. The molecule has 0 unspecified atom stereocenters. The van der Waals surface area contributed by atoms with E-state index >= 15 is 0 Å². The highest BCUT2D eigenvalue weighted by atomic mass is 16.2. The summed E-state index contributed by atoms with van der Waals surface area (Å²) in [6.07, 6.45) is 9.35. The Balaban J connectivity index is 1.66. The molecule has 0 bridgehead atoms. The number of hydrogen-bond donors (Lipinski definition) is 1. The molecule has 1 aromatic rings. The Kier molecular flexibility index (Phi) is 3.17. The van der Waals surface area contributed by atoms with Gasteiger partial charge in [0.1, 0.15) is 5.69 Å². The van der Waals surface area contributed by atoms with Gasteiger partial charge in [0.05, 0.1) is 0 Å². The quantitative estimate of drug-likeness (QED) is 0.842. The maximum absolute atomic E-state index is 12.4. The predicted octanol–water partition coefficient (Wildman–Crippen LogP) is 2.46. The first-order chi connectivity index (χ1) is 9.19. The highest BCUT2D eigenvalue weighted by Gasteiger charge is 2.38. The molecule has 1 amide bonds. The van der Waals surface area contributed by atoms with Crippen LogP contribution in [0.25, 0.3) is 0 Å². The van der Waals surface area contributed by atoms with Gasteiger partial charge < -0.3 is 10.6 Å². The van der Waals surface area contributed by atoms with E-state index in [0.29, 0.717) is 16.8 Å². The summed E-state index contributed by atoms with van der Waals surface area (Å²) in [5.41, 5.74) is 7.33. The van der Waals surface area contributed by atoms with Crippen molar-refractivity contribution < 1.29 is 4.79 Å². The van der Waals surface area contributed by atoms with Crippen molar-refractivity contribution in [2.24, 2.45) is 5.41 Å². The fourth-order valence-corrected chi connectivity index (χ4v) is 3.53. The van der Waals surface area contributed by atoms with E-state index in [0.717, 1.165) is 25.9 Å². The van der Waals surface area contributed by atoms with Gasteiger partial charge in [0, 0.05) is 25.0 Å². The van der Waals surface area contributed by atoms with E-state index in [9.17, 15) is 4.79 Å². The first-order valence-corrected chi connectivity index (χ1v) is 7.19. The summed E-state index contributed by atoms with van der Waals surface area (Å²) in [5.74, 6) is 0.0279. The molecule has 102 valence electrons. The van der Waals surface area contributed by atoms with E-state index in [1.165, 1.54) is 25.7 Å². The molecule has 19 heavy (non-hydrogen) atoms. The minimum atomic E-state index is 0.0279. The van der Waals surface area contributed by atoms with Crippen LogP contribution in [0.4, 0.5) is 5.69 Å². The van der Waals surface area contributed by atoms with Crippen LogP contribution in [0.1, 0.15) is 49.0 Å². The Hall–Kier alpha value is -1.58. The number of pyridine rings is 1. The molecule has 1 saturated carbocycles. The highest BCUT2D eigenvalue weighted by Crippen LogP contribution is 2.46. The van der Waals surface area contributed by atoms with E-state index in [-0.39, 0.29) is 5.91 Å². The van der Waals surface area contributed by atoms with Gasteiger partial charge in [-0.2, -0.15) is 0 Å². The maximum Gasteiger partial charge on any atom is 0.272 e. The molecule has 0 radical (unpaired) electrons. The molecule has 1 spiro atoms. The van der Waals surface area contributed by atoms with Crippen molar-refractivity contribution in [1.29, 1.82) is 0 Å². The van der Waals surface area contributed by atoms with E-state index in [4.69, 9.17) is 5.73 Å². The van der Waals surface area contributed by atoms with Crippen LogP contribution < -0.4 is 5.73 Å². The summed E-state index contributed by atoms with van der Waals surface area (Å²) in [6, 6.07) is 3.38. The topological polar surface area (TPSA) is 59.2 Å². The number of likely N-dealkylation sites (tertiary alicyclic amines) is 1. The molecule has 0 atom stereocenters. The Labute approximate surface area is 114 Å². The molecular weight excluding hydrogens is 238 g/mol. The molecule has 1 aromatic heterocycles. The van der Waals surface area contributed by atoms with E-state index in [1.54, 1.807) is 18.3 Å². The molecule has 2 heterocycles. The fraction of sp³-hybridized carbons (Fsp3) is 0.600. The zero-order chi connectivity index (χ0) is 13.3. The molecule has 2 aliphatic rings. The maximum atomic E-state index is 12.4. The van der Waals surface area contributed by atoms with Gasteiger partial charge in [-0.3, -0.25) is 9.78 Å². The highest BCUT2D eigenvalue weighted by molar-refractivity contribution is 5.93. The number of nitrogens with zero attached hydrogens (tertiary/aromatic N) is 2. The molecule has 1 aliphatic carbocycles. The van der Waals surface area contributed by atoms with Crippen molar-refractivity contribution in [3.8, 4) is 0 Å². The van der Waals surface area contributed by atoms with Crippen LogP contribution in [0.2, 0.25) is 0 Å². The second kappa shape index (κ2) is 4.83. The van der Waals surface area contributed by atoms with Gasteiger partial charge in [0.25, 0.3) is 5.91 Å². The molecule has 3 rings (SSSR count). The number of carbonyl (C=O) groups is 1. The van der Waals surface area contributed by atoms with E-state index < -0.39 is 0 Å². The zero-order valence-electron chi connectivity index (χ0n) is 11.3. The molecule has 1 aliphatic heterocycles. The van der Waals surface area contributed by atoms with Gasteiger partial charge in [-0.1, -0.05) is 12.8 Å². The summed E-state index contributed by atoms with van der Waals surface area (Å²) in [4.78, 5) is 18.4. The van der Waals surface area contributed by atoms with Crippen LogP contribution in [0.3, 0.4) is 0 Å². The molecule has 4 heteroatoms. The molecule has 0 aromatic carbocycles. The second-order valence-electron chi connectivity index (χ2n) is 5.97. The van der Waals surface area contributed by atoms with Gasteiger partial charge in [-0.05, 0) is 43.2 Å². The number of hydrogen-bond acceptors (Lipinski definition) is 3. The molecule has 2 fully saturated rings. The Morgan fingerprint density at radius 2 is 1.89 bits per heavy atom. The predicted molar refractivity (Wildman–Crippen MR) is 74.7 cm³/mol. The third-order valence-electron chi connectivity index (χ3n) is 4.78. The summed E-state index contributed by atoms with van der Waals surface area (Å²) in [6.45, 7) is 1.74. The normalized spacial score (nSPS) is 21.8. The molecule has 2 N–H and O–H groups in total. The average molecular weight is 259 g/mol. The lowest BCUT2D eigenvalue weighted by molar-refractivity contribution is 0.0582. The number of amides is 1. The van der Waals surface area contributed by atoms with Crippen molar-refractivity contribution >= 4 is 11.6 Å². The van der Waals surface area contributed by atoms with Crippen molar-refractivity contribution in [3.63, 3.8) is 0 Å². The molecule has 1 saturated heterocycles. The number of anilines is 1. The van der Waals surface area contributed by atoms with Crippen LogP contribution >= 0.6 is 0 Å². The smallest absolute Gasteiger partial charge is 0.272 e. The monoisotopic (exact) mass is 259 g/mol. The number of carbonyl (C=O) groups excluding carboxylic acids is 1. The van der Waals surface area contributed by atoms with Crippen LogP contribution in [0.15, 0.2) is 18.3 Å². The standard InChI is InChI=1S/C15H21N3O/c16-12-3-8-17-13(11-12)14(19)18-9-6-15(7-10-18)4-1-2-5-15/h3,8,11H,1-2,4-7,9-10H2,(H2,16,17). The van der Waals surface area contributed by atoms with Gasteiger partial charge >= 0.3 is 0 Å². The number of rotatable bonds is 1. The van der Waals surface area contributed by atoms with Crippen LogP contribution in [-0.2, 0) is 0 Å². The van der Waals surface area contributed by atoms with Crippen molar-refractivity contribution in [2.75, 3.05) is 18.8 Å². The summed E-state index contributed by atoms with van der Waals surface area (Å²) in [7, 11) is 0. The first kappa shape index (κ1) is 12.5. The van der Waals surface area contributed by atoms with Crippen LogP contribution in [0, 0.1) is 5.41 Å². The Bertz CT molecular complexity index is 470.